The average Bonchev–Trinajstić information content (AvgIpc) is 2.47. The minimum absolute atomic E-state index is 0.347. The topological polar surface area (TPSA) is 76.2 Å². The molecule has 2 rings (SSSR count). The van der Waals surface area contributed by atoms with Gasteiger partial charge in [0, 0.05) is 11.9 Å². The number of nitrogens with one attached hydrogen (secondary N) is 1. The van der Waals surface area contributed by atoms with Crippen molar-refractivity contribution in [1.82, 2.24) is 14.6 Å². The van der Waals surface area contributed by atoms with Crippen LogP contribution in [0.4, 0.5) is 0 Å². The number of nitrogens with zero attached hydrogens (tertiary/aromatic N) is 2. The van der Waals surface area contributed by atoms with Crippen molar-refractivity contribution in [3.8, 4) is 0 Å². The lowest BCUT2D eigenvalue weighted by atomic mass is 10.3. The molecule has 2 aromatic heterocycles. The van der Waals surface area contributed by atoms with Crippen molar-refractivity contribution in [3.63, 3.8) is 0 Å². The molecule has 0 aliphatic rings. The van der Waals surface area contributed by atoms with Crippen molar-refractivity contribution in [1.29, 1.82) is 0 Å². The second kappa shape index (κ2) is 2.91. The second-order valence-electron chi connectivity index (χ2n) is 2.95. The maximum atomic E-state index is 11.0. The fraction of sp³-hybridized carbons (Fsp3) is 0.125. The molecule has 0 radical (unpaired) electrons. The van der Waals surface area contributed by atoms with Crippen LogP contribution in [0, 0.1) is 11.6 Å². The van der Waals surface area contributed by atoms with Gasteiger partial charge in [0.1, 0.15) is 10.2 Å². The zero-order chi connectivity index (χ0) is 10.3. The summed E-state index contributed by atoms with van der Waals surface area (Å²) < 4.78 is 2.11. The summed E-state index contributed by atoms with van der Waals surface area (Å²) in [6.07, 6.45) is 1.50. The average molecular weight is 208 g/mol. The van der Waals surface area contributed by atoms with Crippen LogP contribution >= 0.6 is 12.2 Å². The Morgan fingerprint density at radius 2 is 2.43 bits per heavy atom. The number of carbonyl (C=O) groups is 1. The third-order valence-electron chi connectivity index (χ3n) is 1.89. The van der Waals surface area contributed by atoms with Crippen LogP contribution in [-0.2, 0) is 0 Å². The minimum Gasteiger partial charge on any atom is -0.365 e. The summed E-state index contributed by atoms with van der Waals surface area (Å²) in [4.78, 5) is 15.2. The number of aromatic amines is 1. The Morgan fingerprint density at radius 3 is 3.07 bits per heavy atom. The number of primary amides is 1. The molecule has 0 saturated carbocycles. The summed E-state index contributed by atoms with van der Waals surface area (Å²) >= 11 is 5.08. The predicted octanol–water partition coefficient (Wildman–Crippen LogP) is 0.799. The molecule has 0 unspecified atom stereocenters. The molecule has 0 spiro atoms. The van der Waals surface area contributed by atoms with Crippen LogP contribution in [0.3, 0.4) is 0 Å². The number of rotatable bonds is 1. The molecule has 0 aliphatic heterocycles. The van der Waals surface area contributed by atoms with Crippen molar-refractivity contribution < 1.29 is 4.79 Å². The van der Waals surface area contributed by atoms with Gasteiger partial charge in [-0.15, -0.1) is 0 Å². The first-order valence-electron chi connectivity index (χ1n) is 3.97. The van der Waals surface area contributed by atoms with E-state index in [9.17, 15) is 4.79 Å². The fourth-order valence-electron chi connectivity index (χ4n) is 1.28. The first kappa shape index (κ1) is 8.89. The van der Waals surface area contributed by atoms with E-state index in [1.807, 2.05) is 6.92 Å². The standard InChI is InChI=1S/C8H8N4OS/c1-4-2-6(14)12-8(11-4)5(3-10-12)7(9)13/h2-3,10H,1H3,(H2,9,13). The molecule has 0 fully saturated rings. The SMILES string of the molecule is Cc1cc(=S)n2[nH]cc(C(N)=O)c2n1. The van der Waals surface area contributed by atoms with Gasteiger partial charge in [0.25, 0.3) is 5.91 Å². The van der Waals surface area contributed by atoms with Crippen molar-refractivity contribution in [2.24, 2.45) is 5.73 Å². The molecule has 3 N–H and O–H groups in total. The lowest BCUT2D eigenvalue weighted by molar-refractivity contribution is 0.100. The summed E-state index contributed by atoms with van der Waals surface area (Å²) in [6.45, 7) is 1.81. The maximum absolute atomic E-state index is 11.0. The maximum Gasteiger partial charge on any atom is 0.254 e. The molecule has 0 bridgehead atoms. The smallest absolute Gasteiger partial charge is 0.254 e. The number of nitrogens with two attached hydrogens (primary N) is 1. The van der Waals surface area contributed by atoms with E-state index >= 15 is 0 Å². The predicted molar refractivity (Wildman–Crippen MR) is 53.6 cm³/mol. The van der Waals surface area contributed by atoms with Crippen LogP contribution in [-0.4, -0.2) is 20.5 Å². The number of aromatic nitrogens is 3. The summed E-state index contributed by atoms with van der Waals surface area (Å²) in [5.74, 6) is -0.517. The Hall–Kier alpha value is -1.69. The Kier molecular flexibility index (Phi) is 1.85. The summed E-state index contributed by atoms with van der Waals surface area (Å²) in [5, 5.41) is 2.81. The van der Waals surface area contributed by atoms with E-state index in [0.29, 0.717) is 15.9 Å². The van der Waals surface area contributed by atoms with E-state index in [0.717, 1.165) is 5.69 Å². The first-order chi connectivity index (χ1) is 6.59. The van der Waals surface area contributed by atoms with Gasteiger partial charge in [0.15, 0.2) is 5.65 Å². The molecule has 1 amide bonds. The summed E-state index contributed by atoms with van der Waals surface area (Å²) in [5.41, 5.74) is 6.76. The number of carbonyl (C=O) groups excluding carboxylic acids is 1. The normalized spacial score (nSPS) is 10.6. The Balaban J connectivity index is 2.92. The van der Waals surface area contributed by atoms with E-state index in [-0.39, 0.29) is 0 Å². The molecule has 0 saturated heterocycles. The lowest BCUT2D eigenvalue weighted by Crippen LogP contribution is -2.11. The number of hydrogen-bond donors (Lipinski definition) is 2. The van der Waals surface area contributed by atoms with Gasteiger partial charge in [-0.1, -0.05) is 12.2 Å². The fourth-order valence-corrected chi connectivity index (χ4v) is 1.59. The van der Waals surface area contributed by atoms with Crippen molar-refractivity contribution >= 4 is 23.8 Å². The zero-order valence-corrected chi connectivity index (χ0v) is 8.26. The molecule has 72 valence electrons. The van der Waals surface area contributed by atoms with Crippen LogP contribution < -0.4 is 5.73 Å². The Labute approximate surface area is 84.5 Å². The molecule has 2 heterocycles. The van der Waals surface area contributed by atoms with E-state index in [2.05, 4.69) is 10.1 Å². The van der Waals surface area contributed by atoms with E-state index in [4.69, 9.17) is 18.0 Å². The number of aryl methyl sites for hydroxylation is 1. The van der Waals surface area contributed by atoms with Gasteiger partial charge in [0.2, 0.25) is 0 Å². The number of hydrogen-bond acceptors (Lipinski definition) is 3. The first-order valence-corrected chi connectivity index (χ1v) is 4.38. The van der Waals surface area contributed by atoms with Gasteiger partial charge in [0.05, 0.1) is 0 Å². The molecule has 6 heteroatoms. The number of fused-ring (bicyclic) bond motifs is 1. The summed E-state index contributed by atoms with van der Waals surface area (Å²) in [7, 11) is 0. The molecule has 5 nitrogen and oxygen atoms in total. The van der Waals surface area contributed by atoms with Crippen molar-refractivity contribution in [3.05, 3.63) is 28.2 Å². The van der Waals surface area contributed by atoms with Crippen molar-refractivity contribution in [2.45, 2.75) is 6.92 Å². The molecule has 0 aliphatic carbocycles. The van der Waals surface area contributed by atoms with E-state index in [1.54, 1.807) is 10.6 Å². The highest BCUT2D eigenvalue weighted by Gasteiger charge is 2.10. The van der Waals surface area contributed by atoms with Crippen LogP contribution in [0.2, 0.25) is 0 Å². The van der Waals surface area contributed by atoms with Crippen LogP contribution in [0.1, 0.15) is 16.1 Å². The van der Waals surface area contributed by atoms with Gasteiger partial charge in [-0.3, -0.25) is 9.89 Å². The molecule has 0 aromatic carbocycles. The number of H-pyrrole nitrogens is 1. The van der Waals surface area contributed by atoms with E-state index in [1.165, 1.54) is 6.20 Å². The number of amides is 1. The lowest BCUT2D eigenvalue weighted by Gasteiger charge is -1.96. The highest BCUT2D eigenvalue weighted by Crippen LogP contribution is 2.08. The largest absolute Gasteiger partial charge is 0.365 e. The molecule has 0 atom stereocenters. The highest BCUT2D eigenvalue weighted by molar-refractivity contribution is 7.71. The third kappa shape index (κ3) is 1.20. The van der Waals surface area contributed by atoms with Crippen molar-refractivity contribution in [2.75, 3.05) is 0 Å². The van der Waals surface area contributed by atoms with Crippen LogP contribution in [0.15, 0.2) is 12.3 Å². The molecular formula is C8H8N4OS. The zero-order valence-electron chi connectivity index (χ0n) is 7.44. The second-order valence-corrected chi connectivity index (χ2v) is 3.36. The quantitative estimate of drug-likeness (QED) is 0.680. The van der Waals surface area contributed by atoms with Gasteiger partial charge in [-0.2, -0.15) is 0 Å². The minimum atomic E-state index is -0.517. The summed E-state index contributed by atoms with van der Waals surface area (Å²) in [6, 6.07) is 1.74. The van der Waals surface area contributed by atoms with Crippen LogP contribution in [0.5, 0.6) is 0 Å². The molecule has 2 aromatic rings. The Morgan fingerprint density at radius 1 is 1.71 bits per heavy atom. The Bertz CT molecular complexity index is 568. The molecular weight excluding hydrogens is 200 g/mol. The highest BCUT2D eigenvalue weighted by atomic mass is 32.1. The molecule has 14 heavy (non-hydrogen) atoms. The van der Waals surface area contributed by atoms with Crippen LogP contribution in [0.25, 0.3) is 5.65 Å². The third-order valence-corrected chi connectivity index (χ3v) is 2.19. The van der Waals surface area contributed by atoms with Gasteiger partial charge in [-0.05, 0) is 13.0 Å². The monoisotopic (exact) mass is 208 g/mol. The van der Waals surface area contributed by atoms with Gasteiger partial charge >= 0.3 is 0 Å². The van der Waals surface area contributed by atoms with E-state index < -0.39 is 5.91 Å². The van der Waals surface area contributed by atoms with Gasteiger partial charge < -0.3 is 5.73 Å². The van der Waals surface area contributed by atoms with Gasteiger partial charge in [-0.25, -0.2) is 9.50 Å².